The normalized spacial score (nSPS) is 12.3. The maximum atomic E-state index is 12.7. The largest absolute Gasteiger partial charge is 0.618 e. The standard InChI is InChI=1S/C16H13F3N4O3S/c1-2-27(25,26)14-4-3-9-23(24)15(14)13-10-22(21-20-13)12-7-5-11(6-8-12)16(17,18)19/h3-10H,2H2,1H3/p+1. The Balaban J connectivity index is 2.05. The summed E-state index contributed by atoms with van der Waals surface area (Å²) in [7, 11) is -3.69. The van der Waals surface area contributed by atoms with Gasteiger partial charge in [0.15, 0.2) is 27.9 Å². The Morgan fingerprint density at radius 3 is 2.44 bits per heavy atom. The molecule has 0 saturated carbocycles. The van der Waals surface area contributed by atoms with E-state index in [2.05, 4.69) is 10.3 Å². The van der Waals surface area contributed by atoms with Crippen LogP contribution in [0.15, 0.2) is 53.7 Å². The minimum absolute atomic E-state index is 0.0394. The topological polar surface area (TPSA) is 93.6 Å². The maximum absolute atomic E-state index is 12.7. The zero-order valence-electron chi connectivity index (χ0n) is 13.9. The van der Waals surface area contributed by atoms with E-state index in [4.69, 9.17) is 0 Å². The van der Waals surface area contributed by atoms with E-state index in [1.165, 1.54) is 42.1 Å². The second kappa shape index (κ2) is 6.65. The first kappa shape index (κ1) is 18.8. The molecule has 3 aromatic rings. The Hall–Kier alpha value is -2.95. The van der Waals surface area contributed by atoms with Gasteiger partial charge in [-0.25, -0.2) is 8.42 Å². The van der Waals surface area contributed by atoms with Crippen LogP contribution in [-0.4, -0.2) is 24.5 Å². The predicted molar refractivity (Wildman–Crippen MR) is 87.2 cm³/mol. The van der Waals surface area contributed by atoms with E-state index in [1.807, 2.05) is 0 Å². The fourth-order valence-corrected chi connectivity index (χ4v) is 3.55. The highest BCUT2D eigenvalue weighted by atomic mass is 32.2. The van der Waals surface area contributed by atoms with E-state index in [0.29, 0.717) is 10.4 Å². The summed E-state index contributed by atoms with van der Waals surface area (Å²) in [5.41, 5.74) is -0.600. The second-order valence-corrected chi connectivity index (χ2v) is 7.84. The Labute approximate surface area is 152 Å². The third-order valence-electron chi connectivity index (χ3n) is 3.88. The highest BCUT2D eigenvalue weighted by Gasteiger charge is 2.32. The molecule has 1 N–H and O–H groups in total. The molecule has 0 bridgehead atoms. The van der Waals surface area contributed by atoms with E-state index >= 15 is 0 Å². The minimum Gasteiger partial charge on any atom is -0.618 e. The first-order chi connectivity index (χ1) is 12.6. The quantitative estimate of drug-likeness (QED) is 0.535. The Morgan fingerprint density at radius 2 is 1.85 bits per heavy atom. The summed E-state index contributed by atoms with van der Waals surface area (Å²) in [4.78, 5) is -0.173. The van der Waals surface area contributed by atoms with Gasteiger partial charge >= 0.3 is 11.9 Å². The summed E-state index contributed by atoms with van der Waals surface area (Å²) in [5, 5.41) is 18.6. The van der Waals surface area contributed by atoms with Gasteiger partial charge in [0, 0.05) is 6.07 Å². The molecule has 0 aliphatic rings. The van der Waals surface area contributed by atoms with Crippen molar-refractivity contribution in [2.24, 2.45) is 0 Å². The van der Waals surface area contributed by atoms with Crippen molar-refractivity contribution in [3.63, 3.8) is 0 Å². The SMILES string of the molecule is CCS(=O)(=O)c1ccc[n+]([O-])c1-c1c[n+](-c2ccc(C(F)(F)F)cc2)[nH]n1. The highest BCUT2D eigenvalue weighted by Crippen LogP contribution is 2.29. The van der Waals surface area contributed by atoms with Crippen molar-refractivity contribution in [2.75, 3.05) is 5.75 Å². The molecule has 0 spiro atoms. The molecule has 27 heavy (non-hydrogen) atoms. The number of aromatic amines is 1. The Bertz CT molecular complexity index is 1080. The van der Waals surface area contributed by atoms with Gasteiger partial charge in [-0.1, -0.05) is 12.1 Å². The molecule has 0 unspecified atom stereocenters. The lowest BCUT2D eigenvalue weighted by Gasteiger charge is -2.06. The lowest BCUT2D eigenvalue weighted by Crippen LogP contribution is -2.33. The highest BCUT2D eigenvalue weighted by molar-refractivity contribution is 7.91. The van der Waals surface area contributed by atoms with Gasteiger partial charge in [-0.3, -0.25) is 0 Å². The summed E-state index contributed by atoms with van der Waals surface area (Å²) in [6.07, 6.45) is -1.98. The van der Waals surface area contributed by atoms with Gasteiger partial charge in [0.05, 0.1) is 16.4 Å². The molecule has 3 rings (SSSR count). The van der Waals surface area contributed by atoms with E-state index in [1.54, 1.807) is 0 Å². The van der Waals surface area contributed by atoms with E-state index in [0.717, 1.165) is 18.3 Å². The van der Waals surface area contributed by atoms with Crippen molar-refractivity contribution in [2.45, 2.75) is 18.0 Å². The van der Waals surface area contributed by atoms with Gasteiger partial charge < -0.3 is 5.21 Å². The lowest BCUT2D eigenvalue weighted by molar-refractivity contribution is -0.659. The molecule has 0 atom stereocenters. The van der Waals surface area contributed by atoms with Crippen molar-refractivity contribution in [3.05, 3.63) is 59.6 Å². The average molecular weight is 399 g/mol. The fourth-order valence-electron chi connectivity index (χ4n) is 2.46. The van der Waals surface area contributed by atoms with Crippen LogP contribution in [0.2, 0.25) is 0 Å². The Kier molecular flexibility index (Phi) is 4.64. The van der Waals surface area contributed by atoms with Crippen LogP contribution in [-0.2, 0) is 16.0 Å². The molecule has 1 aromatic carbocycles. The third-order valence-corrected chi connectivity index (χ3v) is 5.64. The molecule has 11 heteroatoms. The molecule has 0 saturated heterocycles. The molecule has 2 aromatic heterocycles. The molecular formula is C16H14F3N4O3S+. The van der Waals surface area contributed by atoms with Crippen LogP contribution in [0.1, 0.15) is 12.5 Å². The van der Waals surface area contributed by atoms with Gasteiger partial charge in [0.25, 0.3) is 5.69 Å². The van der Waals surface area contributed by atoms with Crippen molar-refractivity contribution >= 4 is 9.84 Å². The van der Waals surface area contributed by atoms with Gasteiger partial charge in [-0.15, -0.1) is 4.68 Å². The number of aromatic nitrogens is 4. The molecular weight excluding hydrogens is 385 g/mol. The number of sulfone groups is 1. The number of pyridine rings is 1. The van der Waals surface area contributed by atoms with Crippen molar-refractivity contribution in [3.8, 4) is 17.1 Å². The monoisotopic (exact) mass is 399 g/mol. The van der Waals surface area contributed by atoms with Gasteiger partial charge in [-0.2, -0.15) is 17.9 Å². The van der Waals surface area contributed by atoms with Gasteiger partial charge in [0.2, 0.25) is 0 Å². The van der Waals surface area contributed by atoms with Crippen molar-refractivity contribution in [1.29, 1.82) is 0 Å². The predicted octanol–water partition coefficient (Wildman–Crippen LogP) is 1.80. The summed E-state index contributed by atoms with van der Waals surface area (Å²) in [6, 6.07) is 6.89. The van der Waals surface area contributed by atoms with Crippen LogP contribution in [0.4, 0.5) is 13.2 Å². The number of benzene rings is 1. The van der Waals surface area contributed by atoms with Crippen molar-refractivity contribution < 1.29 is 31.0 Å². The summed E-state index contributed by atoms with van der Waals surface area (Å²) in [6.45, 7) is 1.45. The maximum Gasteiger partial charge on any atom is 0.416 e. The first-order valence-corrected chi connectivity index (χ1v) is 9.38. The van der Waals surface area contributed by atoms with Crippen LogP contribution in [0.3, 0.4) is 0 Å². The number of nitrogens with zero attached hydrogens (tertiary/aromatic N) is 3. The number of nitrogens with one attached hydrogen (secondary N) is 1. The molecule has 142 valence electrons. The van der Waals surface area contributed by atoms with Crippen LogP contribution in [0.25, 0.3) is 17.1 Å². The van der Waals surface area contributed by atoms with Crippen LogP contribution in [0.5, 0.6) is 0 Å². The lowest BCUT2D eigenvalue weighted by atomic mass is 10.2. The van der Waals surface area contributed by atoms with E-state index in [9.17, 15) is 26.8 Å². The molecule has 0 fully saturated rings. The number of H-pyrrole nitrogens is 1. The summed E-state index contributed by atoms with van der Waals surface area (Å²) >= 11 is 0. The third kappa shape index (κ3) is 3.63. The summed E-state index contributed by atoms with van der Waals surface area (Å²) in [5.74, 6) is -0.201. The first-order valence-electron chi connectivity index (χ1n) is 7.73. The fraction of sp³-hybridized carbons (Fsp3) is 0.188. The molecule has 0 radical (unpaired) electrons. The molecule has 0 amide bonds. The van der Waals surface area contributed by atoms with Crippen molar-refractivity contribution in [1.82, 2.24) is 10.3 Å². The zero-order chi connectivity index (χ0) is 19.8. The smallest absolute Gasteiger partial charge is 0.416 e. The number of alkyl halides is 3. The average Bonchev–Trinajstić information content (AvgIpc) is 3.10. The zero-order valence-corrected chi connectivity index (χ0v) is 14.8. The number of halogens is 3. The van der Waals surface area contributed by atoms with Gasteiger partial charge in [0.1, 0.15) is 4.90 Å². The molecule has 0 aliphatic carbocycles. The van der Waals surface area contributed by atoms with E-state index < -0.39 is 21.6 Å². The van der Waals surface area contributed by atoms with Crippen LogP contribution < -0.4 is 9.41 Å². The van der Waals surface area contributed by atoms with Gasteiger partial charge in [-0.05, 0) is 30.3 Å². The second-order valence-electron chi connectivity index (χ2n) is 5.59. The van der Waals surface area contributed by atoms with E-state index in [-0.39, 0.29) is 22.0 Å². The molecule has 0 aliphatic heterocycles. The Morgan fingerprint density at radius 1 is 1.19 bits per heavy atom. The number of hydrogen-bond acceptors (Lipinski definition) is 4. The minimum atomic E-state index is -4.45. The molecule has 7 nitrogen and oxygen atoms in total. The number of hydrogen-bond donors (Lipinski definition) is 1. The van der Waals surface area contributed by atoms with Crippen LogP contribution >= 0.6 is 0 Å². The van der Waals surface area contributed by atoms with Crippen LogP contribution in [0, 0.1) is 5.21 Å². The molecule has 2 heterocycles. The summed E-state index contributed by atoms with van der Waals surface area (Å²) < 4.78 is 64.2. The number of rotatable bonds is 4.